The van der Waals surface area contributed by atoms with Gasteiger partial charge in [-0.2, -0.15) is 0 Å². The first-order valence-corrected chi connectivity index (χ1v) is 7.26. The molecule has 2 aromatic heterocycles. The fourth-order valence-electron chi connectivity index (χ4n) is 2.91. The normalized spacial score (nSPS) is 11.2. The van der Waals surface area contributed by atoms with Crippen molar-refractivity contribution < 1.29 is 0 Å². The molecule has 23 heavy (non-hydrogen) atoms. The van der Waals surface area contributed by atoms with Crippen LogP contribution in [0.5, 0.6) is 0 Å². The predicted molar refractivity (Wildman–Crippen MR) is 90.2 cm³/mol. The van der Waals surface area contributed by atoms with Crippen molar-refractivity contribution in [3.05, 3.63) is 81.0 Å². The quantitative estimate of drug-likeness (QED) is 0.549. The van der Waals surface area contributed by atoms with Crippen molar-refractivity contribution in [2.24, 2.45) is 0 Å². The van der Waals surface area contributed by atoms with E-state index in [0.29, 0.717) is 33.1 Å². The highest BCUT2D eigenvalue weighted by Crippen LogP contribution is 2.21. The summed E-state index contributed by atoms with van der Waals surface area (Å²) in [6, 6.07) is 16.4. The molecule has 0 aliphatic heterocycles. The number of para-hydroxylation sites is 2. The van der Waals surface area contributed by atoms with E-state index >= 15 is 0 Å². The minimum atomic E-state index is -0.301. The van der Waals surface area contributed by atoms with E-state index in [2.05, 4.69) is 10.1 Å². The smallest absolute Gasteiger partial charge is 0.267 e. The number of pyridine rings is 1. The van der Waals surface area contributed by atoms with Crippen molar-refractivity contribution in [2.45, 2.75) is 6.92 Å². The van der Waals surface area contributed by atoms with Crippen LogP contribution in [0.25, 0.3) is 27.4 Å². The fourth-order valence-corrected chi connectivity index (χ4v) is 2.91. The summed E-state index contributed by atoms with van der Waals surface area (Å²) in [4.78, 5) is 30.0. The van der Waals surface area contributed by atoms with Crippen LogP contribution in [-0.2, 0) is 0 Å². The molecular weight excluding hydrogens is 290 g/mol. The number of aromatic nitrogens is 3. The van der Waals surface area contributed by atoms with Gasteiger partial charge < -0.3 is 0 Å². The third-order valence-corrected chi connectivity index (χ3v) is 3.95. The number of nitrogens with one attached hydrogen (secondary N) is 1. The Kier molecular flexibility index (Phi) is 2.87. The van der Waals surface area contributed by atoms with E-state index in [9.17, 15) is 9.59 Å². The standard InChI is InChI=1S/C18H13N3O2/c1-11-15-16(13-9-5-6-10-14(13)19-11)17(22)20-21(18(15)23)12-7-3-2-4-8-12/h2-10H,1H3,(H,20,22). The first-order chi connectivity index (χ1) is 11.2. The van der Waals surface area contributed by atoms with E-state index in [1.165, 1.54) is 4.68 Å². The number of aryl methyl sites for hydroxylation is 1. The summed E-state index contributed by atoms with van der Waals surface area (Å²) in [7, 11) is 0. The van der Waals surface area contributed by atoms with Gasteiger partial charge in [-0.15, -0.1) is 0 Å². The van der Waals surface area contributed by atoms with E-state index in [4.69, 9.17) is 0 Å². The molecule has 1 N–H and O–H groups in total. The maximum Gasteiger partial charge on any atom is 0.279 e. The van der Waals surface area contributed by atoms with Crippen molar-refractivity contribution in [3.63, 3.8) is 0 Å². The Labute approximate surface area is 130 Å². The Balaban J connectivity index is 2.23. The second kappa shape index (κ2) is 4.91. The van der Waals surface area contributed by atoms with E-state index < -0.39 is 0 Å². The Hall–Kier alpha value is -3.21. The van der Waals surface area contributed by atoms with E-state index in [1.807, 2.05) is 42.5 Å². The van der Waals surface area contributed by atoms with Crippen LogP contribution in [-0.4, -0.2) is 14.8 Å². The molecule has 5 heteroatoms. The van der Waals surface area contributed by atoms with E-state index in [1.54, 1.807) is 19.1 Å². The third kappa shape index (κ3) is 1.97. The number of fused-ring (bicyclic) bond motifs is 3. The topological polar surface area (TPSA) is 67.8 Å². The second-order valence-electron chi connectivity index (χ2n) is 5.38. The zero-order valence-corrected chi connectivity index (χ0v) is 12.4. The van der Waals surface area contributed by atoms with Gasteiger partial charge in [0.1, 0.15) is 0 Å². The Morgan fingerprint density at radius 1 is 0.913 bits per heavy atom. The third-order valence-electron chi connectivity index (χ3n) is 3.95. The van der Waals surface area contributed by atoms with Crippen LogP contribution in [0, 0.1) is 6.92 Å². The lowest BCUT2D eigenvalue weighted by Gasteiger charge is -2.10. The van der Waals surface area contributed by atoms with Crippen LogP contribution >= 0.6 is 0 Å². The van der Waals surface area contributed by atoms with Gasteiger partial charge in [-0.3, -0.25) is 19.7 Å². The molecule has 0 bridgehead atoms. The molecule has 2 aromatic carbocycles. The lowest BCUT2D eigenvalue weighted by atomic mass is 10.1. The number of nitrogens with zero attached hydrogens (tertiary/aromatic N) is 2. The first kappa shape index (κ1) is 13.5. The van der Waals surface area contributed by atoms with Gasteiger partial charge in [-0.25, -0.2) is 4.68 Å². The summed E-state index contributed by atoms with van der Waals surface area (Å²) < 4.78 is 1.27. The molecule has 0 aliphatic carbocycles. The monoisotopic (exact) mass is 303 g/mol. The number of H-pyrrole nitrogens is 1. The molecule has 0 saturated carbocycles. The number of hydrogen-bond acceptors (Lipinski definition) is 3. The summed E-state index contributed by atoms with van der Waals surface area (Å²) in [5.74, 6) is 0. The van der Waals surface area contributed by atoms with Gasteiger partial charge in [0.25, 0.3) is 11.1 Å². The molecule has 0 radical (unpaired) electrons. The number of aromatic amines is 1. The summed E-state index contributed by atoms with van der Waals surface area (Å²) >= 11 is 0. The first-order valence-electron chi connectivity index (χ1n) is 7.26. The molecule has 4 aromatic rings. The zero-order valence-electron chi connectivity index (χ0n) is 12.4. The largest absolute Gasteiger partial charge is 0.279 e. The highest BCUT2D eigenvalue weighted by Gasteiger charge is 2.15. The molecule has 0 fully saturated rings. The van der Waals surface area contributed by atoms with Gasteiger partial charge in [0, 0.05) is 5.39 Å². The van der Waals surface area contributed by atoms with Gasteiger partial charge in [-0.1, -0.05) is 36.4 Å². The highest BCUT2D eigenvalue weighted by atomic mass is 16.2. The van der Waals surface area contributed by atoms with Gasteiger partial charge in [-0.05, 0) is 25.1 Å². The minimum absolute atomic E-state index is 0.276. The predicted octanol–water partition coefficient (Wildman–Crippen LogP) is 2.54. The Bertz CT molecular complexity index is 1160. The summed E-state index contributed by atoms with van der Waals surface area (Å²) in [5.41, 5.74) is 1.30. The maximum absolute atomic E-state index is 12.9. The molecule has 0 spiro atoms. The van der Waals surface area contributed by atoms with Crippen molar-refractivity contribution >= 4 is 21.7 Å². The van der Waals surface area contributed by atoms with Crippen molar-refractivity contribution in [1.82, 2.24) is 14.8 Å². The van der Waals surface area contributed by atoms with Crippen LogP contribution in [0.15, 0.2) is 64.2 Å². The average molecular weight is 303 g/mol. The number of hydrogen-bond donors (Lipinski definition) is 1. The number of rotatable bonds is 1. The molecular formula is C18H13N3O2. The van der Waals surface area contributed by atoms with Gasteiger partial charge in [0.05, 0.1) is 27.7 Å². The summed E-state index contributed by atoms with van der Waals surface area (Å²) in [6.07, 6.45) is 0. The van der Waals surface area contributed by atoms with Gasteiger partial charge in [0.15, 0.2) is 0 Å². The molecule has 5 nitrogen and oxygen atoms in total. The average Bonchev–Trinajstić information content (AvgIpc) is 2.58. The van der Waals surface area contributed by atoms with Crippen LogP contribution < -0.4 is 11.1 Å². The molecule has 2 heterocycles. The summed E-state index contributed by atoms with van der Waals surface area (Å²) in [5, 5.41) is 4.11. The maximum atomic E-state index is 12.9. The minimum Gasteiger partial charge on any atom is -0.267 e. The van der Waals surface area contributed by atoms with Crippen LogP contribution in [0.1, 0.15) is 5.69 Å². The molecule has 4 rings (SSSR count). The zero-order chi connectivity index (χ0) is 16.0. The van der Waals surface area contributed by atoms with Crippen molar-refractivity contribution in [1.29, 1.82) is 0 Å². The van der Waals surface area contributed by atoms with Gasteiger partial charge in [0.2, 0.25) is 0 Å². The van der Waals surface area contributed by atoms with Crippen molar-refractivity contribution in [2.75, 3.05) is 0 Å². The van der Waals surface area contributed by atoms with Crippen LogP contribution in [0.2, 0.25) is 0 Å². The molecule has 0 saturated heterocycles. The van der Waals surface area contributed by atoms with Crippen LogP contribution in [0.3, 0.4) is 0 Å². The SMILES string of the molecule is Cc1nc2ccccc2c2c(=O)[nH]n(-c3ccccc3)c(=O)c12. The molecule has 112 valence electrons. The number of benzene rings is 2. The van der Waals surface area contributed by atoms with E-state index in [0.717, 1.165) is 0 Å². The molecule has 0 atom stereocenters. The van der Waals surface area contributed by atoms with E-state index in [-0.39, 0.29) is 11.1 Å². The van der Waals surface area contributed by atoms with Crippen LogP contribution in [0.4, 0.5) is 0 Å². The second-order valence-corrected chi connectivity index (χ2v) is 5.38. The summed E-state index contributed by atoms with van der Waals surface area (Å²) in [6.45, 7) is 1.75. The van der Waals surface area contributed by atoms with Gasteiger partial charge >= 0.3 is 0 Å². The Morgan fingerprint density at radius 3 is 2.39 bits per heavy atom. The highest BCUT2D eigenvalue weighted by molar-refractivity contribution is 6.05. The fraction of sp³-hybridized carbons (Fsp3) is 0.0556. The molecule has 0 unspecified atom stereocenters. The Morgan fingerprint density at radius 2 is 1.61 bits per heavy atom. The lowest BCUT2D eigenvalue weighted by molar-refractivity contribution is 0.801. The molecule has 0 aliphatic rings. The van der Waals surface area contributed by atoms with Crippen molar-refractivity contribution in [3.8, 4) is 5.69 Å². The molecule has 0 amide bonds. The lowest BCUT2D eigenvalue weighted by Crippen LogP contribution is -2.29.